The van der Waals surface area contributed by atoms with Gasteiger partial charge in [-0.3, -0.25) is 9.98 Å². The molecule has 0 amide bonds. The third-order valence-electron chi connectivity index (χ3n) is 6.55. The zero-order chi connectivity index (χ0) is 19.8. The van der Waals surface area contributed by atoms with Crippen LogP contribution in [0.15, 0.2) is 29.5 Å². The maximum absolute atomic E-state index is 9.70. The lowest BCUT2D eigenvalue weighted by molar-refractivity contribution is 0.104. The molecule has 5 heterocycles. The van der Waals surface area contributed by atoms with Crippen molar-refractivity contribution in [2.45, 2.75) is 32.2 Å². The predicted molar refractivity (Wildman–Crippen MR) is 112 cm³/mol. The van der Waals surface area contributed by atoms with Crippen LogP contribution < -0.4 is 15.5 Å². The van der Waals surface area contributed by atoms with Gasteiger partial charge in [0.2, 0.25) is 0 Å². The average Bonchev–Trinajstić information content (AvgIpc) is 3.22. The van der Waals surface area contributed by atoms with E-state index in [4.69, 9.17) is 20.7 Å². The van der Waals surface area contributed by atoms with Gasteiger partial charge in [-0.15, -0.1) is 0 Å². The van der Waals surface area contributed by atoms with Crippen molar-refractivity contribution in [1.29, 1.82) is 0 Å². The highest BCUT2D eigenvalue weighted by atomic mass is 16.3. The molecule has 2 aromatic heterocycles. The Kier molecular flexibility index (Phi) is 4.67. The minimum Gasteiger partial charge on any atom is -0.396 e. The molecule has 0 spiro atoms. The van der Waals surface area contributed by atoms with E-state index in [-0.39, 0.29) is 12.0 Å². The first kappa shape index (κ1) is 18.4. The molecule has 8 nitrogen and oxygen atoms in total. The number of rotatable bonds is 3. The molecule has 0 unspecified atom stereocenters. The second-order valence-electron chi connectivity index (χ2n) is 8.24. The number of nitrogens with two attached hydrogens (primary N) is 1. The van der Waals surface area contributed by atoms with Gasteiger partial charge in [0.15, 0.2) is 5.84 Å². The van der Waals surface area contributed by atoms with Crippen molar-refractivity contribution in [2.24, 2.45) is 16.1 Å². The third kappa shape index (κ3) is 3.16. The Morgan fingerprint density at radius 3 is 2.79 bits per heavy atom. The minimum absolute atomic E-state index is 0.146. The van der Waals surface area contributed by atoms with Crippen molar-refractivity contribution in [3.8, 4) is 0 Å². The smallest absolute Gasteiger partial charge is 0.156 e. The molecule has 152 valence electrons. The van der Waals surface area contributed by atoms with E-state index in [2.05, 4.69) is 20.9 Å². The quantitative estimate of drug-likeness (QED) is 0.805. The highest BCUT2D eigenvalue weighted by Crippen LogP contribution is 2.33. The van der Waals surface area contributed by atoms with Crippen LogP contribution in [-0.4, -0.2) is 58.7 Å². The Hall–Kier alpha value is -2.58. The molecule has 3 aliphatic rings. The predicted octanol–water partition coefficient (Wildman–Crippen LogP) is 1.12. The Bertz CT molecular complexity index is 930. The summed E-state index contributed by atoms with van der Waals surface area (Å²) in [5.41, 5.74) is 9.83. The molecule has 5 rings (SSSR count). The summed E-state index contributed by atoms with van der Waals surface area (Å²) in [6.07, 6.45) is 7.53. The van der Waals surface area contributed by atoms with E-state index in [1.165, 1.54) is 0 Å². The standard InChI is InChI=1S/C21H27N7O/c22-13-21(14-29)5-9-27(10-6-21)18-12-24-19-16(26-18)11-25-20(19)28-8-2-3-15-17(28)4-1-7-23-15/h1,4,7,12,29H,2-3,5-6,8-11,13-14,22H2. The molecule has 0 bridgehead atoms. The topological polar surface area (TPSA) is 104 Å². The maximum atomic E-state index is 9.70. The Labute approximate surface area is 170 Å². The van der Waals surface area contributed by atoms with Gasteiger partial charge in [0.25, 0.3) is 0 Å². The SMILES string of the molecule is NCC1(CO)CCN(c2cnc3c(n2)CN=C3N2CCCc3ncccc32)CC1. The van der Waals surface area contributed by atoms with E-state index in [0.29, 0.717) is 13.1 Å². The number of anilines is 2. The van der Waals surface area contributed by atoms with Gasteiger partial charge in [-0.2, -0.15) is 0 Å². The summed E-state index contributed by atoms with van der Waals surface area (Å²) in [4.78, 5) is 23.5. The molecule has 1 fully saturated rings. The van der Waals surface area contributed by atoms with Crippen LogP contribution in [0.4, 0.5) is 11.5 Å². The van der Waals surface area contributed by atoms with E-state index >= 15 is 0 Å². The number of amidine groups is 1. The van der Waals surface area contributed by atoms with E-state index in [1.807, 2.05) is 18.5 Å². The van der Waals surface area contributed by atoms with E-state index in [0.717, 1.165) is 79.7 Å². The number of nitrogens with zero attached hydrogens (tertiary/aromatic N) is 6. The second kappa shape index (κ2) is 7.35. The lowest BCUT2D eigenvalue weighted by Crippen LogP contribution is -2.46. The number of fused-ring (bicyclic) bond motifs is 2. The maximum Gasteiger partial charge on any atom is 0.156 e. The summed E-state index contributed by atoms with van der Waals surface area (Å²) in [7, 11) is 0. The molecular weight excluding hydrogens is 366 g/mol. The van der Waals surface area contributed by atoms with Crippen LogP contribution in [0.2, 0.25) is 0 Å². The zero-order valence-electron chi connectivity index (χ0n) is 16.6. The largest absolute Gasteiger partial charge is 0.396 e. The zero-order valence-corrected chi connectivity index (χ0v) is 16.6. The lowest BCUT2D eigenvalue weighted by atomic mass is 9.79. The average molecular weight is 393 g/mol. The number of aliphatic imine (C=N–C) groups is 1. The molecule has 3 aliphatic heterocycles. The molecule has 0 atom stereocenters. The van der Waals surface area contributed by atoms with Crippen LogP contribution in [0.25, 0.3) is 0 Å². The number of pyridine rings is 1. The number of piperidine rings is 1. The van der Waals surface area contributed by atoms with Crippen LogP contribution >= 0.6 is 0 Å². The first-order valence-electron chi connectivity index (χ1n) is 10.4. The number of aliphatic hydroxyl groups is 1. The van der Waals surface area contributed by atoms with Crippen molar-refractivity contribution in [3.05, 3.63) is 41.6 Å². The van der Waals surface area contributed by atoms with Crippen LogP contribution in [0, 0.1) is 5.41 Å². The molecule has 1 saturated heterocycles. The molecule has 0 saturated carbocycles. The summed E-state index contributed by atoms with van der Waals surface area (Å²) in [6.45, 7) is 3.84. The summed E-state index contributed by atoms with van der Waals surface area (Å²) in [5.74, 6) is 1.80. The van der Waals surface area contributed by atoms with Crippen LogP contribution in [-0.2, 0) is 13.0 Å². The summed E-state index contributed by atoms with van der Waals surface area (Å²) < 4.78 is 0. The summed E-state index contributed by atoms with van der Waals surface area (Å²) >= 11 is 0. The molecule has 0 aromatic carbocycles. The lowest BCUT2D eigenvalue weighted by Gasteiger charge is -2.40. The Morgan fingerprint density at radius 1 is 1.14 bits per heavy atom. The van der Waals surface area contributed by atoms with E-state index < -0.39 is 0 Å². The van der Waals surface area contributed by atoms with Gasteiger partial charge in [-0.25, -0.2) is 9.97 Å². The summed E-state index contributed by atoms with van der Waals surface area (Å²) in [5, 5.41) is 9.70. The fourth-order valence-corrected chi connectivity index (χ4v) is 4.55. The molecular formula is C21H27N7O. The number of aryl methyl sites for hydroxylation is 1. The monoisotopic (exact) mass is 393 g/mol. The molecule has 3 N–H and O–H groups in total. The normalized spacial score (nSPS) is 20.3. The minimum atomic E-state index is -0.146. The van der Waals surface area contributed by atoms with Gasteiger partial charge >= 0.3 is 0 Å². The van der Waals surface area contributed by atoms with Gasteiger partial charge in [-0.05, 0) is 37.8 Å². The fourth-order valence-electron chi connectivity index (χ4n) is 4.55. The second-order valence-corrected chi connectivity index (χ2v) is 8.24. The molecule has 29 heavy (non-hydrogen) atoms. The van der Waals surface area contributed by atoms with Crippen LogP contribution in [0.3, 0.4) is 0 Å². The van der Waals surface area contributed by atoms with E-state index in [9.17, 15) is 5.11 Å². The van der Waals surface area contributed by atoms with Gasteiger partial charge < -0.3 is 20.6 Å². The van der Waals surface area contributed by atoms with Gasteiger partial charge in [0.1, 0.15) is 11.5 Å². The van der Waals surface area contributed by atoms with Crippen molar-refractivity contribution in [3.63, 3.8) is 0 Å². The molecule has 0 aliphatic carbocycles. The summed E-state index contributed by atoms with van der Waals surface area (Å²) in [6, 6.07) is 4.09. The number of aliphatic hydroxyl groups excluding tert-OH is 1. The third-order valence-corrected chi connectivity index (χ3v) is 6.55. The Balaban J connectivity index is 1.36. The van der Waals surface area contributed by atoms with Crippen molar-refractivity contribution in [2.75, 3.05) is 42.6 Å². The number of aromatic nitrogens is 3. The molecule has 0 radical (unpaired) electrons. The van der Waals surface area contributed by atoms with Crippen LogP contribution in [0.5, 0.6) is 0 Å². The first-order valence-corrected chi connectivity index (χ1v) is 10.4. The number of hydrogen-bond acceptors (Lipinski definition) is 8. The highest BCUT2D eigenvalue weighted by Gasteiger charge is 2.34. The van der Waals surface area contributed by atoms with Gasteiger partial charge in [0, 0.05) is 37.8 Å². The molecule has 8 heteroatoms. The first-order chi connectivity index (χ1) is 14.2. The van der Waals surface area contributed by atoms with Gasteiger partial charge in [0.05, 0.1) is 36.4 Å². The molecule has 2 aromatic rings. The van der Waals surface area contributed by atoms with Crippen molar-refractivity contribution in [1.82, 2.24) is 15.0 Å². The van der Waals surface area contributed by atoms with Crippen molar-refractivity contribution < 1.29 is 5.11 Å². The van der Waals surface area contributed by atoms with Crippen LogP contribution in [0.1, 0.15) is 36.3 Å². The fraction of sp³-hybridized carbons (Fsp3) is 0.524. The van der Waals surface area contributed by atoms with Crippen molar-refractivity contribution >= 4 is 17.3 Å². The van der Waals surface area contributed by atoms with E-state index in [1.54, 1.807) is 0 Å². The Morgan fingerprint density at radius 2 is 2.00 bits per heavy atom. The van der Waals surface area contributed by atoms with Gasteiger partial charge in [-0.1, -0.05) is 0 Å². The number of hydrogen-bond donors (Lipinski definition) is 2. The highest BCUT2D eigenvalue weighted by molar-refractivity contribution is 6.11.